The van der Waals surface area contributed by atoms with Crippen molar-refractivity contribution < 1.29 is 4.79 Å². The molecule has 2 amide bonds. The maximum atomic E-state index is 12.5. The molecule has 30 heavy (non-hydrogen) atoms. The molecule has 0 saturated carbocycles. The highest BCUT2D eigenvalue weighted by molar-refractivity contribution is 5.99. The molecular weight excluding hydrogens is 384 g/mol. The SMILES string of the molecule is Cc1cc(NC(=O)Nc2ccc(-n3ncn(C)c3=O)cc2)n(Cc2ccccn2)n1. The van der Waals surface area contributed by atoms with E-state index in [9.17, 15) is 9.59 Å². The lowest BCUT2D eigenvalue weighted by Gasteiger charge is -2.10. The zero-order chi connectivity index (χ0) is 21.1. The van der Waals surface area contributed by atoms with E-state index in [4.69, 9.17) is 0 Å². The van der Waals surface area contributed by atoms with Gasteiger partial charge in [0, 0.05) is 25.0 Å². The molecule has 0 atom stereocenters. The molecule has 10 nitrogen and oxygen atoms in total. The van der Waals surface area contributed by atoms with Crippen molar-refractivity contribution in [2.75, 3.05) is 10.6 Å². The minimum Gasteiger partial charge on any atom is -0.308 e. The van der Waals surface area contributed by atoms with E-state index in [0.717, 1.165) is 11.4 Å². The fraction of sp³-hybridized carbons (Fsp3) is 0.150. The van der Waals surface area contributed by atoms with Crippen LogP contribution in [0.15, 0.2) is 65.8 Å². The molecule has 10 heteroatoms. The van der Waals surface area contributed by atoms with E-state index in [1.165, 1.54) is 15.6 Å². The molecule has 0 saturated heterocycles. The van der Waals surface area contributed by atoms with Crippen LogP contribution in [0.25, 0.3) is 5.69 Å². The minimum atomic E-state index is -0.403. The van der Waals surface area contributed by atoms with E-state index in [2.05, 4.69) is 25.8 Å². The highest BCUT2D eigenvalue weighted by Gasteiger charge is 2.11. The monoisotopic (exact) mass is 404 g/mol. The number of carbonyl (C=O) groups is 1. The third kappa shape index (κ3) is 4.12. The van der Waals surface area contributed by atoms with Crippen molar-refractivity contribution >= 4 is 17.5 Å². The molecular formula is C20H20N8O2. The predicted molar refractivity (Wildman–Crippen MR) is 112 cm³/mol. The summed E-state index contributed by atoms with van der Waals surface area (Å²) in [6, 6.07) is 13.9. The summed E-state index contributed by atoms with van der Waals surface area (Å²) >= 11 is 0. The number of urea groups is 1. The number of amides is 2. The van der Waals surface area contributed by atoms with E-state index in [1.54, 1.807) is 48.3 Å². The topological polar surface area (TPSA) is 112 Å². The number of hydrogen-bond donors (Lipinski definition) is 2. The van der Waals surface area contributed by atoms with Crippen molar-refractivity contribution in [3.8, 4) is 5.69 Å². The molecule has 0 fully saturated rings. The minimum absolute atomic E-state index is 0.245. The third-order valence-corrected chi connectivity index (χ3v) is 4.37. The van der Waals surface area contributed by atoms with Gasteiger partial charge >= 0.3 is 11.7 Å². The van der Waals surface area contributed by atoms with Gasteiger partial charge in [0.15, 0.2) is 0 Å². The van der Waals surface area contributed by atoms with E-state index >= 15 is 0 Å². The Balaban J connectivity index is 1.44. The number of nitrogens with one attached hydrogen (secondary N) is 2. The molecule has 4 rings (SSSR count). The number of anilines is 2. The van der Waals surface area contributed by atoms with Gasteiger partial charge in [0.05, 0.1) is 23.6 Å². The van der Waals surface area contributed by atoms with Gasteiger partial charge in [-0.1, -0.05) is 6.07 Å². The highest BCUT2D eigenvalue weighted by Crippen LogP contribution is 2.15. The van der Waals surface area contributed by atoms with E-state index < -0.39 is 6.03 Å². The Bertz CT molecular complexity index is 1220. The van der Waals surface area contributed by atoms with Crippen LogP contribution >= 0.6 is 0 Å². The summed E-state index contributed by atoms with van der Waals surface area (Å²) in [4.78, 5) is 28.7. The highest BCUT2D eigenvalue weighted by atomic mass is 16.2. The average molecular weight is 404 g/mol. The first-order valence-electron chi connectivity index (χ1n) is 9.23. The Morgan fingerprint density at radius 1 is 1.10 bits per heavy atom. The van der Waals surface area contributed by atoms with E-state index in [1.807, 2.05) is 25.1 Å². The summed E-state index contributed by atoms with van der Waals surface area (Å²) in [6.07, 6.45) is 3.16. The molecule has 2 N–H and O–H groups in total. The molecule has 3 heterocycles. The molecule has 0 aliphatic rings. The van der Waals surface area contributed by atoms with Crippen LogP contribution in [-0.2, 0) is 13.6 Å². The summed E-state index contributed by atoms with van der Waals surface area (Å²) in [5.74, 6) is 0.562. The summed E-state index contributed by atoms with van der Waals surface area (Å²) < 4.78 is 4.35. The number of rotatable bonds is 5. The second kappa shape index (κ2) is 8.03. The van der Waals surface area contributed by atoms with Gasteiger partial charge in [0.25, 0.3) is 0 Å². The average Bonchev–Trinajstić information content (AvgIpc) is 3.24. The van der Waals surface area contributed by atoms with Gasteiger partial charge in [-0.25, -0.2) is 14.3 Å². The van der Waals surface area contributed by atoms with Gasteiger partial charge in [0.2, 0.25) is 0 Å². The first kappa shape index (κ1) is 19.1. The van der Waals surface area contributed by atoms with Crippen LogP contribution in [0.2, 0.25) is 0 Å². The number of carbonyl (C=O) groups excluding carboxylic acids is 1. The normalized spacial score (nSPS) is 10.7. The Kier molecular flexibility index (Phi) is 5.12. The lowest BCUT2D eigenvalue weighted by molar-refractivity contribution is 0.262. The summed E-state index contributed by atoms with van der Waals surface area (Å²) in [5.41, 5.74) is 2.56. The van der Waals surface area contributed by atoms with Crippen molar-refractivity contribution in [2.24, 2.45) is 7.05 Å². The molecule has 0 bridgehead atoms. The van der Waals surface area contributed by atoms with Gasteiger partial charge < -0.3 is 5.32 Å². The molecule has 0 aliphatic heterocycles. The fourth-order valence-electron chi connectivity index (χ4n) is 2.93. The standard InChI is InChI=1S/C20H20N8O2/c1-14-11-18(27(25-14)12-16-5-3-4-10-21-16)24-19(29)23-15-6-8-17(9-7-15)28-20(30)26(2)13-22-28/h3-11,13H,12H2,1-2H3,(H2,23,24,29). The van der Waals surface area contributed by atoms with Crippen molar-refractivity contribution in [1.82, 2.24) is 29.1 Å². The Morgan fingerprint density at radius 2 is 1.90 bits per heavy atom. The molecule has 152 valence electrons. The molecule has 0 aliphatic carbocycles. The van der Waals surface area contributed by atoms with Crippen molar-refractivity contribution in [2.45, 2.75) is 13.5 Å². The zero-order valence-electron chi connectivity index (χ0n) is 16.5. The van der Waals surface area contributed by atoms with E-state index in [0.29, 0.717) is 23.7 Å². The molecule has 1 aromatic carbocycles. The van der Waals surface area contributed by atoms with Crippen LogP contribution in [0, 0.1) is 6.92 Å². The number of nitrogens with zero attached hydrogens (tertiary/aromatic N) is 6. The maximum Gasteiger partial charge on any atom is 0.350 e. The van der Waals surface area contributed by atoms with Crippen LogP contribution < -0.4 is 16.3 Å². The lowest BCUT2D eigenvalue weighted by atomic mass is 10.3. The molecule has 0 radical (unpaired) electrons. The number of pyridine rings is 1. The van der Waals surface area contributed by atoms with Gasteiger partial charge in [0.1, 0.15) is 12.1 Å². The van der Waals surface area contributed by atoms with Gasteiger partial charge in [-0.05, 0) is 43.3 Å². The van der Waals surface area contributed by atoms with Gasteiger partial charge in [-0.3, -0.25) is 14.9 Å². The second-order valence-corrected chi connectivity index (χ2v) is 6.71. The first-order valence-corrected chi connectivity index (χ1v) is 9.23. The largest absolute Gasteiger partial charge is 0.350 e. The third-order valence-electron chi connectivity index (χ3n) is 4.37. The molecule has 0 unspecified atom stereocenters. The van der Waals surface area contributed by atoms with Crippen molar-refractivity contribution in [1.29, 1.82) is 0 Å². The van der Waals surface area contributed by atoms with Gasteiger partial charge in [-0.2, -0.15) is 14.9 Å². The summed E-state index contributed by atoms with van der Waals surface area (Å²) in [6.45, 7) is 2.30. The number of hydrogen-bond acceptors (Lipinski definition) is 5. The van der Waals surface area contributed by atoms with Crippen LogP contribution in [0.1, 0.15) is 11.4 Å². The summed E-state index contributed by atoms with van der Waals surface area (Å²) in [5, 5.41) is 14.0. The Hall–Kier alpha value is -4.21. The summed E-state index contributed by atoms with van der Waals surface area (Å²) in [7, 11) is 1.63. The predicted octanol–water partition coefficient (Wildman–Crippen LogP) is 2.16. The van der Waals surface area contributed by atoms with Crippen LogP contribution in [-0.4, -0.2) is 35.1 Å². The lowest BCUT2D eigenvalue weighted by Crippen LogP contribution is -2.22. The first-order chi connectivity index (χ1) is 14.5. The molecule has 0 spiro atoms. The van der Waals surface area contributed by atoms with Gasteiger partial charge in [-0.15, -0.1) is 0 Å². The zero-order valence-corrected chi connectivity index (χ0v) is 16.5. The number of aromatic nitrogens is 6. The second-order valence-electron chi connectivity index (χ2n) is 6.71. The van der Waals surface area contributed by atoms with Crippen molar-refractivity contribution in [3.63, 3.8) is 0 Å². The smallest absolute Gasteiger partial charge is 0.308 e. The quantitative estimate of drug-likeness (QED) is 0.529. The van der Waals surface area contributed by atoms with Crippen LogP contribution in [0.4, 0.5) is 16.3 Å². The van der Waals surface area contributed by atoms with E-state index in [-0.39, 0.29) is 5.69 Å². The number of benzene rings is 1. The molecule has 3 aromatic heterocycles. The Morgan fingerprint density at radius 3 is 2.57 bits per heavy atom. The van der Waals surface area contributed by atoms with Crippen LogP contribution in [0.5, 0.6) is 0 Å². The van der Waals surface area contributed by atoms with Crippen molar-refractivity contribution in [3.05, 3.63) is 82.9 Å². The fourth-order valence-corrected chi connectivity index (χ4v) is 2.93. The molecule has 4 aromatic rings. The van der Waals surface area contributed by atoms with Crippen LogP contribution in [0.3, 0.4) is 0 Å². The number of aryl methyl sites for hydroxylation is 2. The Labute approximate surface area is 171 Å². The maximum absolute atomic E-state index is 12.5.